The van der Waals surface area contributed by atoms with Crippen molar-refractivity contribution in [1.29, 1.82) is 0 Å². The van der Waals surface area contributed by atoms with Crippen LogP contribution in [0.5, 0.6) is 0 Å². The van der Waals surface area contributed by atoms with Gasteiger partial charge in [-0.2, -0.15) is 4.72 Å². The van der Waals surface area contributed by atoms with E-state index >= 15 is 0 Å². The lowest BCUT2D eigenvalue weighted by molar-refractivity contribution is -0.123. The summed E-state index contributed by atoms with van der Waals surface area (Å²) in [5.74, 6) is 0.822. The number of nitrogens with zero attached hydrogens (tertiary/aromatic N) is 2. The summed E-state index contributed by atoms with van der Waals surface area (Å²) in [6.45, 7) is 13.9. The molecule has 2 N–H and O–H groups in total. The molecule has 2 heterocycles. The van der Waals surface area contributed by atoms with Crippen LogP contribution in [0.15, 0.2) is 23.1 Å². The molecule has 2 aliphatic rings. The second-order valence-electron chi connectivity index (χ2n) is 10.4. The van der Waals surface area contributed by atoms with Gasteiger partial charge in [0.1, 0.15) is 6.04 Å². The van der Waals surface area contributed by atoms with Gasteiger partial charge in [0.05, 0.1) is 4.90 Å². The predicted octanol–water partition coefficient (Wildman–Crippen LogP) is 2.38. The van der Waals surface area contributed by atoms with Crippen LogP contribution in [-0.4, -0.2) is 63.9 Å². The van der Waals surface area contributed by atoms with Crippen LogP contribution in [0, 0.1) is 17.8 Å². The van der Waals surface area contributed by atoms with Gasteiger partial charge in [-0.3, -0.25) is 9.59 Å². The van der Waals surface area contributed by atoms with Gasteiger partial charge in [0.2, 0.25) is 21.8 Å². The third-order valence-corrected chi connectivity index (χ3v) is 8.20. The maximum atomic E-state index is 13.1. The molecule has 0 aliphatic carbocycles. The van der Waals surface area contributed by atoms with Crippen LogP contribution in [0.2, 0.25) is 0 Å². The van der Waals surface area contributed by atoms with Crippen LogP contribution in [0.4, 0.5) is 5.69 Å². The molecule has 0 radical (unpaired) electrons. The molecule has 3 rings (SSSR count). The van der Waals surface area contributed by atoms with E-state index in [0.29, 0.717) is 31.3 Å². The normalized spacial score (nSPS) is 22.0. The minimum atomic E-state index is -3.89. The number of rotatable bonds is 9. The van der Waals surface area contributed by atoms with E-state index in [-0.39, 0.29) is 22.6 Å². The van der Waals surface area contributed by atoms with E-state index in [9.17, 15) is 18.0 Å². The molecule has 3 atom stereocenters. The van der Waals surface area contributed by atoms with E-state index in [1.54, 1.807) is 17.0 Å². The fourth-order valence-electron chi connectivity index (χ4n) is 5.20. The van der Waals surface area contributed by atoms with Gasteiger partial charge in [0.15, 0.2) is 0 Å². The molecule has 1 fully saturated rings. The number of nitrogens with one attached hydrogen (secondary N) is 2. The Kier molecular flexibility index (Phi) is 8.76. The number of benzene rings is 1. The highest BCUT2D eigenvalue weighted by Crippen LogP contribution is 2.30. The second kappa shape index (κ2) is 11.2. The summed E-state index contributed by atoms with van der Waals surface area (Å²) >= 11 is 0. The van der Waals surface area contributed by atoms with Crippen LogP contribution in [0.3, 0.4) is 0 Å². The number of anilines is 1. The minimum Gasteiger partial charge on any atom is -0.355 e. The van der Waals surface area contributed by atoms with E-state index < -0.39 is 16.1 Å². The molecule has 1 saturated heterocycles. The molecule has 0 aromatic heterocycles. The Bertz CT molecular complexity index is 985. The average Bonchev–Trinajstić information content (AvgIpc) is 3.18. The number of amides is 2. The molecule has 0 bridgehead atoms. The monoisotopic (exact) mass is 492 g/mol. The molecule has 34 heavy (non-hydrogen) atoms. The smallest absolute Gasteiger partial charge is 0.241 e. The summed E-state index contributed by atoms with van der Waals surface area (Å²) in [4.78, 5) is 28.8. The Morgan fingerprint density at radius 2 is 1.82 bits per heavy atom. The number of likely N-dealkylation sites (tertiary alicyclic amines) is 1. The van der Waals surface area contributed by atoms with Gasteiger partial charge >= 0.3 is 0 Å². The van der Waals surface area contributed by atoms with Crippen molar-refractivity contribution in [2.24, 2.45) is 17.8 Å². The van der Waals surface area contributed by atoms with E-state index in [4.69, 9.17) is 0 Å². The average molecular weight is 493 g/mol. The first kappa shape index (κ1) is 26.6. The lowest BCUT2D eigenvalue weighted by Gasteiger charge is -2.35. The first-order valence-corrected chi connectivity index (χ1v) is 13.9. The highest BCUT2D eigenvalue weighted by Gasteiger charge is 2.30. The molecule has 0 spiro atoms. The van der Waals surface area contributed by atoms with Crippen molar-refractivity contribution in [1.82, 2.24) is 14.9 Å². The molecule has 9 heteroatoms. The second-order valence-corrected chi connectivity index (χ2v) is 12.1. The molecular formula is C25H40N4O4S. The van der Waals surface area contributed by atoms with Gasteiger partial charge < -0.3 is 15.1 Å². The van der Waals surface area contributed by atoms with Gasteiger partial charge in [-0.05, 0) is 67.3 Å². The van der Waals surface area contributed by atoms with Crippen molar-refractivity contribution >= 4 is 27.5 Å². The molecule has 0 unspecified atom stereocenters. The predicted molar refractivity (Wildman–Crippen MR) is 134 cm³/mol. The number of fused-ring (bicyclic) bond motifs is 1. The molecule has 0 saturated carbocycles. The topological polar surface area (TPSA) is 98.8 Å². The Balaban J connectivity index is 1.57. The SMILES string of the molecule is CC(=O)N1CCc2cc(S(=O)(=O)N[C@H](C(=O)NCCCN3C[C@H](C)C[C@H](C)C3)C(C)C)ccc21. The fourth-order valence-corrected chi connectivity index (χ4v) is 6.59. The first-order valence-electron chi connectivity index (χ1n) is 12.4. The molecule has 1 aromatic rings. The van der Waals surface area contributed by atoms with Crippen molar-refractivity contribution < 1.29 is 18.0 Å². The van der Waals surface area contributed by atoms with Crippen LogP contribution < -0.4 is 14.9 Å². The first-order chi connectivity index (χ1) is 16.0. The van der Waals surface area contributed by atoms with Gasteiger partial charge in [-0.15, -0.1) is 0 Å². The standard InChI is InChI=1S/C25H40N4O4S/c1-17(2)24(25(31)26-10-6-11-28-15-18(3)13-19(4)16-28)27-34(32,33)22-7-8-23-21(14-22)9-12-29(23)20(5)30/h7-8,14,17-19,24,27H,6,9-13,15-16H2,1-5H3,(H,26,31)/t18-,19+,24-/m0/s1. The molecule has 8 nitrogen and oxygen atoms in total. The summed E-state index contributed by atoms with van der Waals surface area (Å²) in [6, 6.07) is 3.92. The van der Waals surface area contributed by atoms with Gasteiger partial charge in [0, 0.05) is 38.8 Å². The lowest BCUT2D eigenvalue weighted by atomic mass is 9.92. The molecule has 190 valence electrons. The zero-order valence-electron chi connectivity index (χ0n) is 21.1. The van der Waals surface area contributed by atoms with Crippen molar-refractivity contribution in [2.45, 2.75) is 64.8 Å². The van der Waals surface area contributed by atoms with Crippen molar-refractivity contribution in [3.63, 3.8) is 0 Å². The highest BCUT2D eigenvalue weighted by atomic mass is 32.2. The van der Waals surface area contributed by atoms with E-state index in [1.807, 2.05) is 13.8 Å². The third-order valence-electron chi connectivity index (χ3n) is 6.76. The molecule has 1 aromatic carbocycles. The Morgan fingerprint density at radius 1 is 1.15 bits per heavy atom. The number of carbonyl (C=O) groups is 2. The Labute approximate surface area is 204 Å². The maximum absolute atomic E-state index is 13.1. The van der Waals surface area contributed by atoms with Crippen LogP contribution in [0.25, 0.3) is 0 Å². The van der Waals surface area contributed by atoms with E-state index in [2.05, 4.69) is 28.8 Å². The third kappa shape index (κ3) is 6.58. The minimum absolute atomic E-state index is 0.0617. The maximum Gasteiger partial charge on any atom is 0.241 e. The summed E-state index contributed by atoms with van der Waals surface area (Å²) in [7, 11) is -3.89. The van der Waals surface area contributed by atoms with E-state index in [1.165, 1.54) is 19.4 Å². The van der Waals surface area contributed by atoms with Crippen LogP contribution in [-0.2, 0) is 26.0 Å². The zero-order chi connectivity index (χ0) is 25.0. The lowest BCUT2D eigenvalue weighted by Crippen LogP contribution is -2.50. The quantitative estimate of drug-likeness (QED) is 0.516. The summed E-state index contributed by atoms with van der Waals surface area (Å²) in [5, 5.41) is 2.92. The number of hydrogen-bond donors (Lipinski definition) is 2. The highest BCUT2D eigenvalue weighted by molar-refractivity contribution is 7.89. The van der Waals surface area contributed by atoms with E-state index in [0.717, 1.165) is 37.3 Å². The number of piperidine rings is 1. The van der Waals surface area contributed by atoms with Gasteiger partial charge in [-0.25, -0.2) is 8.42 Å². The molecular weight excluding hydrogens is 452 g/mol. The van der Waals surface area contributed by atoms with Gasteiger partial charge in [0.25, 0.3) is 0 Å². The van der Waals surface area contributed by atoms with Crippen molar-refractivity contribution in [3.05, 3.63) is 23.8 Å². The Hall–Kier alpha value is -1.97. The fraction of sp³-hybridized carbons (Fsp3) is 0.680. The largest absolute Gasteiger partial charge is 0.355 e. The number of hydrogen-bond acceptors (Lipinski definition) is 5. The number of carbonyl (C=O) groups excluding carboxylic acids is 2. The summed E-state index contributed by atoms with van der Waals surface area (Å²) in [6.07, 6.45) is 2.71. The molecule has 2 aliphatic heterocycles. The van der Waals surface area contributed by atoms with Crippen molar-refractivity contribution in [3.8, 4) is 0 Å². The van der Waals surface area contributed by atoms with Gasteiger partial charge in [-0.1, -0.05) is 27.7 Å². The summed E-state index contributed by atoms with van der Waals surface area (Å²) in [5.41, 5.74) is 1.58. The molecule has 2 amide bonds. The van der Waals surface area contributed by atoms with Crippen molar-refractivity contribution in [2.75, 3.05) is 37.6 Å². The van der Waals surface area contributed by atoms with Crippen LogP contribution >= 0.6 is 0 Å². The summed E-state index contributed by atoms with van der Waals surface area (Å²) < 4.78 is 28.8. The zero-order valence-corrected chi connectivity index (χ0v) is 22.0. The number of sulfonamides is 1. The van der Waals surface area contributed by atoms with Crippen LogP contribution in [0.1, 0.15) is 53.0 Å². The Morgan fingerprint density at radius 3 is 2.44 bits per heavy atom.